The first-order valence-electron chi connectivity index (χ1n) is 6.86. The van der Waals surface area contributed by atoms with Crippen molar-refractivity contribution in [2.45, 2.75) is 32.7 Å². The van der Waals surface area contributed by atoms with E-state index < -0.39 is 0 Å². The molecular weight excluding hydrogens is 276 g/mol. The predicted molar refractivity (Wildman–Crippen MR) is 81.9 cm³/mol. The SMILES string of the molecule is COc1cccc(Cl)c1CNC(=O)CCC(C)CCN. The Labute approximate surface area is 125 Å². The summed E-state index contributed by atoms with van der Waals surface area (Å²) in [6, 6.07) is 5.44. The number of halogens is 1. The molecule has 0 aromatic heterocycles. The van der Waals surface area contributed by atoms with Gasteiger partial charge in [-0.2, -0.15) is 0 Å². The molecule has 1 rings (SSSR count). The molecular formula is C15H23ClN2O2. The molecule has 0 aliphatic carbocycles. The summed E-state index contributed by atoms with van der Waals surface area (Å²) >= 11 is 6.12. The van der Waals surface area contributed by atoms with Crippen molar-refractivity contribution in [3.8, 4) is 5.75 Å². The van der Waals surface area contributed by atoms with Crippen LogP contribution in [0.2, 0.25) is 5.02 Å². The molecule has 4 nitrogen and oxygen atoms in total. The van der Waals surface area contributed by atoms with Crippen LogP contribution in [0.15, 0.2) is 18.2 Å². The molecule has 1 atom stereocenters. The maximum Gasteiger partial charge on any atom is 0.220 e. The van der Waals surface area contributed by atoms with Crippen LogP contribution in [0.3, 0.4) is 0 Å². The van der Waals surface area contributed by atoms with E-state index in [0.717, 1.165) is 18.4 Å². The first-order chi connectivity index (χ1) is 9.58. The van der Waals surface area contributed by atoms with E-state index in [1.165, 1.54) is 0 Å². The molecule has 0 fully saturated rings. The number of nitrogens with two attached hydrogens (primary N) is 1. The van der Waals surface area contributed by atoms with Crippen LogP contribution in [-0.2, 0) is 11.3 Å². The highest BCUT2D eigenvalue weighted by atomic mass is 35.5. The van der Waals surface area contributed by atoms with Gasteiger partial charge in [-0.25, -0.2) is 0 Å². The highest BCUT2D eigenvalue weighted by Crippen LogP contribution is 2.25. The first-order valence-corrected chi connectivity index (χ1v) is 7.24. The minimum atomic E-state index is 0.0239. The number of ether oxygens (including phenoxy) is 1. The van der Waals surface area contributed by atoms with E-state index in [2.05, 4.69) is 12.2 Å². The zero-order chi connectivity index (χ0) is 15.0. The van der Waals surface area contributed by atoms with Crippen LogP contribution in [0.4, 0.5) is 0 Å². The zero-order valence-corrected chi connectivity index (χ0v) is 12.9. The van der Waals surface area contributed by atoms with Crippen LogP contribution in [0.25, 0.3) is 0 Å². The predicted octanol–water partition coefficient (Wildman–Crippen LogP) is 2.73. The lowest BCUT2D eigenvalue weighted by atomic mass is 10.0. The number of nitrogens with one attached hydrogen (secondary N) is 1. The number of hydrogen-bond acceptors (Lipinski definition) is 3. The van der Waals surface area contributed by atoms with E-state index in [4.69, 9.17) is 22.1 Å². The van der Waals surface area contributed by atoms with Crippen LogP contribution in [0, 0.1) is 5.92 Å². The molecule has 0 saturated carbocycles. The van der Waals surface area contributed by atoms with Crippen molar-refractivity contribution in [1.82, 2.24) is 5.32 Å². The number of amides is 1. The molecule has 0 radical (unpaired) electrons. The molecule has 0 saturated heterocycles. The third kappa shape index (κ3) is 5.39. The molecule has 0 aliphatic heterocycles. The van der Waals surface area contributed by atoms with E-state index in [1.807, 2.05) is 12.1 Å². The molecule has 1 aromatic carbocycles. The summed E-state index contributed by atoms with van der Waals surface area (Å²) in [6.07, 6.45) is 2.31. The van der Waals surface area contributed by atoms with Crippen LogP contribution < -0.4 is 15.8 Å². The van der Waals surface area contributed by atoms with E-state index in [1.54, 1.807) is 13.2 Å². The number of rotatable bonds is 8. The normalized spacial score (nSPS) is 12.0. The van der Waals surface area contributed by atoms with E-state index >= 15 is 0 Å². The highest BCUT2D eigenvalue weighted by molar-refractivity contribution is 6.31. The van der Waals surface area contributed by atoms with Crippen LogP contribution >= 0.6 is 11.6 Å². The van der Waals surface area contributed by atoms with Crippen molar-refractivity contribution in [3.05, 3.63) is 28.8 Å². The van der Waals surface area contributed by atoms with Gasteiger partial charge in [-0.3, -0.25) is 4.79 Å². The van der Waals surface area contributed by atoms with Gasteiger partial charge < -0.3 is 15.8 Å². The Morgan fingerprint density at radius 3 is 2.85 bits per heavy atom. The van der Waals surface area contributed by atoms with Gasteiger partial charge in [0.05, 0.1) is 7.11 Å². The standard InChI is InChI=1S/C15H23ClN2O2/c1-11(8-9-17)6-7-15(19)18-10-12-13(16)4-3-5-14(12)20-2/h3-5,11H,6-10,17H2,1-2H3,(H,18,19). The van der Waals surface area contributed by atoms with Crippen LogP contribution in [0.1, 0.15) is 31.7 Å². The van der Waals surface area contributed by atoms with Crippen LogP contribution in [-0.4, -0.2) is 19.6 Å². The molecule has 0 bridgehead atoms. The summed E-state index contributed by atoms with van der Waals surface area (Å²) in [7, 11) is 1.59. The van der Waals surface area contributed by atoms with Crippen LogP contribution in [0.5, 0.6) is 5.75 Å². The Morgan fingerprint density at radius 2 is 2.20 bits per heavy atom. The molecule has 1 aromatic rings. The molecule has 0 spiro atoms. The minimum Gasteiger partial charge on any atom is -0.496 e. The maximum atomic E-state index is 11.8. The van der Waals surface area contributed by atoms with E-state index in [9.17, 15) is 4.79 Å². The smallest absolute Gasteiger partial charge is 0.220 e. The lowest BCUT2D eigenvalue weighted by molar-refractivity contribution is -0.121. The molecule has 3 N–H and O–H groups in total. The Balaban J connectivity index is 2.45. The average molecular weight is 299 g/mol. The van der Waals surface area contributed by atoms with Gasteiger partial charge in [0.25, 0.3) is 0 Å². The fraction of sp³-hybridized carbons (Fsp3) is 0.533. The summed E-state index contributed by atoms with van der Waals surface area (Å²) in [4.78, 5) is 11.8. The lowest BCUT2D eigenvalue weighted by Crippen LogP contribution is -2.23. The molecule has 0 aliphatic rings. The van der Waals surface area contributed by atoms with Crippen molar-refractivity contribution in [1.29, 1.82) is 0 Å². The lowest BCUT2D eigenvalue weighted by Gasteiger charge is -2.12. The molecule has 0 heterocycles. The summed E-state index contributed by atoms with van der Waals surface area (Å²) in [6.45, 7) is 3.16. The zero-order valence-electron chi connectivity index (χ0n) is 12.1. The van der Waals surface area contributed by atoms with E-state index in [0.29, 0.717) is 36.2 Å². The molecule has 1 unspecified atom stereocenters. The summed E-state index contributed by atoms with van der Waals surface area (Å²) in [5.41, 5.74) is 6.30. The fourth-order valence-corrected chi connectivity index (χ4v) is 2.22. The van der Waals surface area contributed by atoms with Gasteiger partial charge in [-0.1, -0.05) is 24.6 Å². The number of hydrogen-bond donors (Lipinski definition) is 2. The number of methoxy groups -OCH3 is 1. The molecule has 20 heavy (non-hydrogen) atoms. The topological polar surface area (TPSA) is 64.3 Å². The molecule has 1 amide bonds. The van der Waals surface area contributed by atoms with Gasteiger partial charge >= 0.3 is 0 Å². The number of benzene rings is 1. The summed E-state index contributed by atoms with van der Waals surface area (Å²) in [5, 5.41) is 3.48. The third-order valence-electron chi connectivity index (χ3n) is 3.28. The minimum absolute atomic E-state index is 0.0239. The monoisotopic (exact) mass is 298 g/mol. The van der Waals surface area contributed by atoms with E-state index in [-0.39, 0.29) is 5.91 Å². The number of carbonyl (C=O) groups excluding carboxylic acids is 1. The van der Waals surface area contributed by atoms with Gasteiger partial charge in [0.15, 0.2) is 0 Å². The Morgan fingerprint density at radius 1 is 1.45 bits per heavy atom. The maximum absolute atomic E-state index is 11.8. The Kier molecular flexibility index (Phi) is 7.41. The van der Waals surface area contributed by atoms with Gasteiger partial charge in [0.2, 0.25) is 5.91 Å². The Hall–Kier alpha value is -1.26. The highest BCUT2D eigenvalue weighted by Gasteiger charge is 2.10. The van der Waals surface area contributed by atoms with Gasteiger partial charge in [0.1, 0.15) is 5.75 Å². The van der Waals surface area contributed by atoms with Crippen molar-refractivity contribution in [2.75, 3.05) is 13.7 Å². The van der Waals surface area contributed by atoms with Gasteiger partial charge in [-0.05, 0) is 37.4 Å². The molecule has 5 heteroatoms. The third-order valence-corrected chi connectivity index (χ3v) is 3.64. The van der Waals surface area contributed by atoms with Gasteiger partial charge in [0, 0.05) is 23.6 Å². The molecule has 112 valence electrons. The quantitative estimate of drug-likeness (QED) is 0.775. The fourth-order valence-electron chi connectivity index (χ4n) is 1.98. The van der Waals surface area contributed by atoms with Gasteiger partial charge in [-0.15, -0.1) is 0 Å². The first kappa shape index (κ1) is 16.8. The largest absolute Gasteiger partial charge is 0.496 e. The Bertz CT molecular complexity index is 438. The average Bonchev–Trinajstić information content (AvgIpc) is 2.43. The second-order valence-electron chi connectivity index (χ2n) is 4.92. The van der Waals surface area contributed by atoms with Crippen molar-refractivity contribution in [3.63, 3.8) is 0 Å². The van der Waals surface area contributed by atoms with Crippen molar-refractivity contribution in [2.24, 2.45) is 11.7 Å². The summed E-state index contributed by atoms with van der Waals surface area (Å²) < 4.78 is 5.24. The van der Waals surface area contributed by atoms with Crippen molar-refractivity contribution >= 4 is 17.5 Å². The second-order valence-corrected chi connectivity index (χ2v) is 5.33. The second kappa shape index (κ2) is 8.82. The van der Waals surface area contributed by atoms with Crippen molar-refractivity contribution < 1.29 is 9.53 Å². The summed E-state index contributed by atoms with van der Waals surface area (Å²) in [5.74, 6) is 1.19. The number of carbonyl (C=O) groups is 1.